The Kier molecular flexibility index (Phi) is 2.55. The summed E-state index contributed by atoms with van der Waals surface area (Å²) in [5.41, 5.74) is 1.72. The number of rotatable bonds is 0. The molecule has 0 spiro atoms. The maximum absolute atomic E-state index is 11.9. The number of halogens is 1. The predicted octanol–water partition coefficient (Wildman–Crippen LogP) is 3.48. The van der Waals surface area contributed by atoms with Gasteiger partial charge in [0.15, 0.2) is 5.43 Å². The van der Waals surface area contributed by atoms with Crippen molar-refractivity contribution in [2.45, 2.75) is 26.2 Å². The summed E-state index contributed by atoms with van der Waals surface area (Å²) < 4.78 is 0. The molecule has 3 heteroatoms. The first-order valence-electron chi connectivity index (χ1n) is 5.21. The van der Waals surface area contributed by atoms with Gasteiger partial charge < -0.3 is 4.98 Å². The van der Waals surface area contributed by atoms with Crippen LogP contribution in [0.3, 0.4) is 0 Å². The van der Waals surface area contributed by atoms with Crippen LogP contribution < -0.4 is 5.43 Å². The third-order valence-electron chi connectivity index (χ3n) is 2.60. The Labute approximate surface area is 99.3 Å². The Bertz CT molecular complexity index is 593. The number of benzene rings is 1. The fourth-order valence-electron chi connectivity index (χ4n) is 1.62. The first-order valence-corrected chi connectivity index (χ1v) is 5.59. The van der Waals surface area contributed by atoms with Crippen LogP contribution in [0.1, 0.15) is 26.5 Å². The fourth-order valence-corrected chi connectivity index (χ4v) is 1.80. The molecule has 0 atom stereocenters. The van der Waals surface area contributed by atoms with Gasteiger partial charge in [-0.05, 0) is 18.2 Å². The van der Waals surface area contributed by atoms with Crippen molar-refractivity contribution in [1.29, 1.82) is 0 Å². The highest BCUT2D eigenvalue weighted by atomic mass is 35.5. The quantitative estimate of drug-likeness (QED) is 0.745. The Balaban J connectivity index is 2.79. The van der Waals surface area contributed by atoms with E-state index >= 15 is 0 Å². The SMILES string of the molecule is CC(C)(C)c1cc(=O)c2cc(Cl)ccc2[nH]1. The lowest BCUT2D eigenvalue weighted by atomic mass is 9.91. The minimum Gasteiger partial charge on any atom is -0.358 e. The second-order valence-corrected chi connectivity index (χ2v) is 5.42. The first kappa shape index (κ1) is 11.2. The molecule has 1 N–H and O–H groups in total. The molecule has 0 aliphatic carbocycles. The lowest BCUT2D eigenvalue weighted by molar-refractivity contribution is 0.571. The monoisotopic (exact) mass is 235 g/mol. The number of hydrogen-bond donors (Lipinski definition) is 1. The van der Waals surface area contributed by atoms with Crippen LogP contribution >= 0.6 is 11.6 Å². The topological polar surface area (TPSA) is 32.9 Å². The van der Waals surface area contributed by atoms with E-state index in [9.17, 15) is 4.79 Å². The van der Waals surface area contributed by atoms with E-state index in [0.29, 0.717) is 10.4 Å². The van der Waals surface area contributed by atoms with Crippen molar-refractivity contribution >= 4 is 22.5 Å². The smallest absolute Gasteiger partial charge is 0.189 e. The molecule has 1 heterocycles. The molecule has 0 bridgehead atoms. The Hall–Kier alpha value is -1.28. The molecule has 0 radical (unpaired) electrons. The van der Waals surface area contributed by atoms with Gasteiger partial charge in [0.1, 0.15) is 0 Å². The van der Waals surface area contributed by atoms with E-state index in [1.54, 1.807) is 18.2 Å². The molecule has 0 saturated heterocycles. The van der Waals surface area contributed by atoms with Crippen LogP contribution in [0, 0.1) is 0 Å². The second kappa shape index (κ2) is 3.63. The van der Waals surface area contributed by atoms with E-state index in [0.717, 1.165) is 11.2 Å². The predicted molar refractivity (Wildman–Crippen MR) is 68.3 cm³/mol. The Morgan fingerprint density at radius 3 is 2.50 bits per heavy atom. The zero-order chi connectivity index (χ0) is 11.9. The summed E-state index contributed by atoms with van der Waals surface area (Å²) >= 11 is 5.87. The summed E-state index contributed by atoms with van der Waals surface area (Å²) in [6, 6.07) is 6.97. The molecule has 0 aliphatic rings. The first-order chi connectivity index (χ1) is 7.38. The highest BCUT2D eigenvalue weighted by molar-refractivity contribution is 6.31. The van der Waals surface area contributed by atoms with E-state index in [4.69, 9.17) is 11.6 Å². The standard InChI is InChI=1S/C13H14ClNO/c1-13(2,3)12-7-11(16)9-6-8(14)4-5-10(9)15-12/h4-7H,1-3H3,(H,15,16). The van der Waals surface area contributed by atoms with Crippen LogP contribution in [0.4, 0.5) is 0 Å². The Morgan fingerprint density at radius 2 is 1.88 bits per heavy atom. The van der Waals surface area contributed by atoms with Crippen LogP contribution in [0.15, 0.2) is 29.1 Å². The van der Waals surface area contributed by atoms with Crippen molar-refractivity contribution in [2.24, 2.45) is 0 Å². The van der Waals surface area contributed by atoms with Crippen LogP contribution in [-0.2, 0) is 5.41 Å². The molecule has 0 saturated carbocycles. The van der Waals surface area contributed by atoms with Gasteiger partial charge in [0.2, 0.25) is 0 Å². The molecule has 0 fully saturated rings. The molecule has 2 nitrogen and oxygen atoms in total. The zero-order valence-corrected chi connectivity index (χ0v) is 10.4. The van der Waals surface area contributed by atoms with Gasteiger partial charge in [-0.1, -0.05) is 32.4 Å². The van der Waals surface area contributed by atoms with Gasteiger partial charge in [0, 0.05) is 33.1 Å². The van der Waals surface area contributed by atoms with Gasteiger partial charge in [0.25, 0.3) is 0 Å². The normalized spacial score (nSPS) is 12.0. The lowest BCUT2D eigenvalue weighted by Gasteiger charge is -2.19. The molecule has 0 aliphatic heterocycles. The number of aromatic nitrogens is 1. The maximum atomic E-state index is 11.9. The van der Waals surface area contributed by atoms with Gasteiger partial charge in [-0.2, -0.15) is 0 Å². The largest absolute Gasteiger partial charge is 0.358 e. The van der Waals surface area contributed by atoms with Gasteiger partial charge in [-0.15, -0.1) is 0 Å². The van der Waals surface area contributed by atoms with E-state index in [1.165, 1.54) is 0 Å². The average Bonchev–Trinajstić information content (AvgIpc) is 2.17. The van der Waals surface area contributed by atoms with Gasteiger partial charge in [-0.25, -0.2) is 0 Å². The molecule has 2 rings (SSSR count). The third-order valence-corrected chi connectivity index (χ3v) is 2.83. The van der Waals surface area contributed by atoms with Crippen molar-refractivity contribution in [1.82, 2.24) is 4.98 Å². The molecule has 1 aromatic carbocycles. The summed E-state index contributed by atoms with van der Waals surface area (Å²) in [6.45, 7) is 6.21. The molecule has 1 aromatic heterocycles. The zero-order valence-electron chi connectivity index (χ0n) is 9.60. The van der Waals surface area contributed by atoms with Crippen LogP contribution in [0.2, 0.25) is 5.02 Å². The molecule has 2 aromatic rings. The van der Waals surface area contributed by atoms with Crippen molar-refractivity contribution < 1.29 is 0 Å². The molecular formula is C13H14ClNO. The van der Waals surface area contributed by atoms with E-state index in [1.807, 2.05) is 6.07 Å². The van der Waals surface area contributed by atoms with Crippen molar-refractivity contribution in [3.8, 4) is 0 Å². The molecular weight excluding hydrogens is 222 g/mol. The van der Waals surface area contributed by atoms with Crippen LogP contribution in [0.25, 0.3) is 10.9 Å². The van der Waals surface area contributed by atoms with Crippen LogP contribution in [-0.4, -0.2) is 4.98 Å². The highest BCUT2D eigenvalue weighted by Crippen LogP contribution is 2.22. The molecule has 0 unspecified atom stereocenters. The van der Waals surface area contributed by atoms with Gasteiger partial charge >= 0.3 is 0 Å². The number of nitrogens with one attached hydrogen (secondary N) is 1. The number of fused-ring (bicyclic) bond motifs is 1. The van der Waals surface area contributed by atoms with Crippen molar-refractivity contribution in [2.75, 3.05) is 0 Å². The van der Waals surface area contributed by atoms with Crippen molar-refractivity contribution in [3.63, 3.8) is 0 Å². The number of pyridine rings is 1. The van der Waals surface area contributed by atoms with Gasteiger partial charge in [0.05, 0.1) is 0 Å². The Morgan fingerprint density at radius 1 is 1.19 bits per heavy atom. The van der Waals surface area contributed by atoms with Crippen LogP contribution in [0.5, 0.6) is 0 Å². The van der Waals surface area contributed by atoms with E-state index < -0.39 is 0 Å². The minimum absolute atomic E-state index is 0.0150. The van der Waals surface area contributed by atoms with Crippen molar-refractivity contribution in [3.05, 3.63) is 45.2 Å². The van der Waals surface area contributed by atoms with Gasteiger partial charge in [-0.3, -0.25) is 4.79 Å². The summed E-state index contributed by atoms with van der Waals surface area (Å²) in [5, 5.41) is 1.22. The molecule has 16 heavy (non-hydrogen) atoms. The summed E-state index contributed by atoms with van der Waals surface area (Å²) in [5.74, 6) is 0. The lowest BCUT2D eigenvalue weighted by Crippen LogP contribution is -2.17. The third kappa shape index (κ3) is 1.98. The summed E-state index contributed by atoms with van der Waals surface area (Å²) in [4.78, 5) is 15.2. The summed E-state index contributed by atoms with van der Waals surface area (Å²) in [7, 11) is 0. The maximum Gasteiger partial charge on any atom is 0.189 e. The van der Waals surface area contributed by atoms with E-state index in [-0.39, 0.29) is 10.8 Å². The minimum atomic E-state index is -0.0625. The highest BCUT2D eigenvalue weighted by Gasteiger charge is 2.15. The second-order valence-electron chi connectivity index (χ2n) is 4.99. The fraction of sp³-hybridized carbons (Fsp3) is 0.308. The molecule has 84 valence electrons. The molecule has 0 amide bonds. The average molecular weight is 236 g/mol. The number of aromatic amines is 1. The van der Waals surface area contributed by atoms with E-state index in [2.05, 4.69) is 25.8 Å². The summed E-state index contributed by atoms with van der Waals surface area (Å²) in [6.07, 6.45) is 0. The number of hydrogen-bond acceptors (Lipinski definition) is 1. The number of H-pyrrole nitrogens is 1.